The number of hydrogen-bond donors (Lipinski definition) is 0. The molecule has 0 N–H and O–H groups in total. The Hall–Kier alpha value is -0.930. The number of anilines is 1. The molecule has 3 rings (SSSR count). The van der Waals surface area contributed by atoms with Crippen molar-refractivity contribution in [1.82, 2.24) is 0 Å². The van der Waals surface area contributed by atoms with Crippen LogP contribution in [0.2, 0.25) is 0 Å². The summed E-state index contributed by atoms with van der Waals surface area (Å²) in [6.07, 6.45) is 3.18. The standard InChI is InChI=1S/C16H21IN2O4/c17-13-1-2-15(16(9-13)19(20)21)18-6-3-14(4-7-18)23-11-12-5-8-22-10-12/h1-2,9,12,14H,3-8,10-11H2. The lowest BCUT2D eigenvalue weighted by molar-refractivity contribution is -0.384. The van der Waals surface area contributed by atoms with E-state index in [4.69, 9.17) is 9.47 Å². The Balaban J connectivity index is 1.55. The van der Waals surface area contributed by atoms with Crippen LogP contribution in [0.5, 0.6) is 0 Å². The van der Waals surface area contributed by atoms with Crippen molar-refractivity contribution in [1.29, 1.82) is 0 Å². The van der Waals surface area contributed by atoms with Crippen molar-refractivity contribution in [3.05, 3.63) is 31.9 Å². The Bertz CT molecular complexity index is 555. The molecule has 2 aliphatic heterocycles. The lowest BCUT2D eigenvalue weighted by Crippen LogP contribution is -2.38. The van der Waals surface area contributed by atoms with Crippen LogP contribution in [-0.2, 0) is 9.47 Å². The molecule has 2 aliphatic rings. The summed E-state index contributed by atoms with van der Waals surface area (Å²) in [5.74, 6) is 0.533. The van der Waals surface area contributed by atoms with E-state index in [1.807, 2.05) is 12.1 Å². The Morgan fingerprint density at radius 2 is 2.13 bits per heavy atom. The van der Waals surface area contributed by atoms with Crippen LogP contribution in [0.3, 0.4) is 0 Å². The topological polar surface area (TPSA) is 64.8 Å². The van der Waals surface area contributed by atoms with Crippen LogP contribution in [0.15, 0.2) is 18.2 Å². The molecule has 0 aromatic heterocycles. The molecular formula is C16H21IN2O4. The van der Waals surface area contributed by atoms with Gasteiger partial charge in [0.05, 0.1) is 24.2 Å². The number of nitro benzene ring substituents is 1. The van der Waals surface area contributed by atoms with Crippen LogP contribution < -0.4 is 4.90 Å². The predicted molar refractivity (Wildman–Crippen MR) is 95.9 cm³/mol. The molecule has 2 heterocycles. The first-order valence-corrected chi connectivity index (χ1v) is 9.09. The highest BCUT2D eigenvalue weighted by molar-refractivity contribution is 14.1. The van der Waals surface area contributed by atoms with E-state index in [0.717, 1.165) is 61.4 Å². The number of halogens is 1. The zero-order valence-corrected chi connectivity index (χ0v) is 15.1. The molecule has 7 heteroatoms. The number of nitro groups is 1. The van der Waals surface area contributed by atoms with Gasteiger partial charge in [-0.05, 0) is 54.0 Å². The van der Waals surface area contributed by atoms with Gasteiger partial charge in [0.1, 0.15) is 5.69 Å². The van der Waals surface area contributed by atoms with Gasteiger partial charge in [-0.15, -0.1) is 0 Å². The molecule has 0 amide bonds. The molecule has 0 spiro atoms. The fraction of sp³-hybridized carbons (Fsp3) is 0.625. The van der Waals surface area contributed by atoms with Crippen LogP contribution in [0.1, 0.15) is 19.3 Å². The van der Waals surface area contributed by atoms with E-state index < -0.39 is 0 Å². The van der Waals surface area contributed by atoms with E-state index in [1.165, 1.54) is 0 Å². The second kappa shape index (κ2) is 7.76. The summed E-state index contributed by atoms with van der Waals surface area (Å²) in [6.45, 7) is 4.03. The van der Waals surface area contributed by atoms with E-state index in [9.17, 15) is 10.1 Å². The Labute approximate surface area is 149 Å². The highest BCUT2D eigenvalue weighted by atomic mass is 127. The highest BCUT2D eigenvalue weighted by Crippen LogP contribution is 2.32. The van der Waals surface area contributed by atoms with Crippen molar-refractivity contribution in [2.45, 2.75) is 25.4 Å². The number of rotatable bonds is 5. The second-order valence-corrected chi connectivity index (χ2v) is 7.39. The normalized spacial score (nSPS) is 22.5. The molecule has 0 radical (unpaired) electrons. The van der Waals surface area contributed by atoms with Gasteiger partial charge in [-0.3, -0.25) is 10.1 Å². The second-order valence-electron chi connectivity index (χ2n) is 6.14. The van der Waals surface area contributed by atoms with E-state index in [-0.39, 0.29) is 16.7 Å². The molecule has 2 saturated heterocycles. The van der Waals surface area contributed by atoms with Crippen molar-refractivity contribution >= 4 is 34.0 Å². The average molecular weight is 432 g/mol. The molecule has 1 unspecified atom stereocenters. The van der Waals surface area contributed by atoms with Gasteiger partial charge in [0.25, 0.3) is 5.69 Å². The monoisotopic (exact) mass is 432 g/mol. The third-order valence-corrected chi connectivity index (χ3v) is 5.18. The lowest BCUT2D eigenvalue weighted by Gasteiger charge is -2.33. The van der Waals surface area contributed by atoms with Gasteiger partial charge in [0.2, 0.25) is 0 Å². The Morgan fingerprint density at radius 1 is 1.35 bits per heavy atom. The van der Waals surface area contributed by atoms with E-state index in [1.54, 1.807) is 6.07 Å². The van der Waals surface area contributed by atoms with Gasteiger partial charge in [0.15, 0.2) is 0 Å². The van der Waals surface area contributed by atoms with E-state index in [0.29, 0.717) is 5.92 Å². The van der Waals surface area contributed by atoms with Gasteiger partial charge >= 0.3 is 0 Å². The number of nitrogens with zero attached hydrogens (tertiary/aromatic N) is 2. The summed E-state index contributed by atoms with van der Waals surface area (Å²) < 4.78 is 12.3. The first-order chi connectivity index (χ1) is 11.1. The predicted octanol–water partition coefficient (Wildman–Crippen LogP) is 3.22. The fourth-order valence-corrected chi connectivity index (χ4v) is 3.64. The minimum atomic E-state index is -0.291. The van der Waals surface area contributed by atoms with Crippen LogP contribution in [0, 0.1) is 19.6 Å². The maximum atomic E-state index is 11.3. The molecule has 0 bridgehead atoms. The van der Waals surface area contributed by atoms with Crippen molar-refractivity contribution in [3.63, 3.8) is 0 Å². The Kier molecular flexibility index (Phi) is 5.71. The smallest absolute Gasteiger partial charge is 0.293 e. The molecule has 23 heavy (non-hydrogen) atoms. The number of benzene rings is 1. The fourth-order valence-electron chi connectivity index (χ4n) is 3.16. The number of piperidine rings is 1. The summed E-state index contributed by atoms with van der Waals surface area (Å²) in [4.78, 5) is 13.1. The molecular weight excluding hydrogens is 411 g/mol. The SMILES string of the molecule is O=[N+]([O-])c1cc(I)ccc1N1CCC(OCC2CCOC2)CC1. The van der Waals surface area contributed by atoms with Gasteiger partial charge in [0, 0.05) is 35.3 Å². The minimum absolute atomic E-state index is 0.194. The van der Waals surface area contributed by atoms with Gasteiger partial charge in [-0.1, -0.05) is 0 Å². The van der Waals surface area contributed by atoms with Crippen molar-refractivity contribution in [3.8, 4) is 0 Å². The first-order valence-electron chi connectivity index (χ1n) is 8.01. The maximum Gasteiger partial charge on any atom is 0.293 e. The van der Waals surface area contributed by atoms with Crippen molar-refractivity contribution in [2.24, 2.45) is 5.92 Å². The van der Waals surface area contributed by atoms with Crippen molar-refractivity contribution < 1.29 is 14.4 Å². The largest absolute Gasteiger partial charge is 0.381 e. The summed E-state index contributed by atoms with van der Waals surface area (Å²) in [5.41, 5.74) is 0.914. The van der Waals surface area contributed by atoms with Crippen molar-refractivity contribution in [2.75, 3.05) is 37.8 Å². The van der Waals surface area contributed by atoms with Crippen LogP contribution in [0.25, 0.3) is 0 Å². The van der Waals surface area contributed by atoms with E-state index in [2.05, 4.69) is 27.5 Å². The molecule has 126 valence electrons. The highest BCUT2D eigenvalue weighted by Gasteiger charge is 2.26. The zero-order valence-electron chi connectivity index (χ0n) is 12.9. The molecule has 6 nitrogen and oxygen atoms in total. The summed E-state index contributed by atoms with van der Waals surface area (Å²) in [6, 6.07) is 5.42. The lowest BCUT2D eigenvalue weighted by atomic mass is 10.1. The summed E-state index contributed by atoms with van der Waals surface area (Å²) >= 11 is 2.11. The summed E-state index contributed by atoms with van der Waals surface area (Å²) in [5, 5.41) is 11.3. The molecule has 0 aliphatic carbocycles. The third kappa shape index (κ3) is 4.33. The number of ether oxygens (including phenoxy) is 2. The quantitative estimate of drug-likeness (QED) is 0.406. The number of hydrogen-bond acceptors (Lipinski definition) is 5. The third-order valence-electron chi connectivity index (χ3n) is 4.51. The molecule has 0 saturated carbocycles. The summed E-state index contributed by atoms with van der Waals surface area (Å²) in [7, 11) is 0. The molecule has 2 fully saturated rings. The van der Waals surface area contributed by atoms with Gasteiger partial charge in [-0.25, -0.2) is 0 Å². The Morgan fingerprint density at radius 3 is 2.78 bits per heavy atom. The van der Waals surface area contributed by atoms with E-state index >= 15 is 0 Å². The van der Waals surface area contributed by atoms with Gasteiger partial charge < -0.3 is 14.4 Å². The zero-order chi connectivity index (χ0) is 16.2. The first kappa shape index (κ1) is 16.9. The molecule has 1 aromatic rings. The van der Waals surface area contributed by atoms with Gasteiger partial charge in [-0.2, -0.15) is 0 Å². The molecule has 1 aromatic carbocycles. The minimum Gasteiger partial charge on any atom is -0.381 e. The average Bonchev–Trinajstić information content (AvgIpc) is 3.07. The van der Waals surface area contributed by atoms with Crippen LogP contribution in [0.4, 0.5) is 11.4 Å². The van der Waals surface area contributed by atoms with Crippen LogP contribution >= 0.6 is 22.6 Å². The molecule has 1 atom stereocenters. The van der Waals surface area contributed by atoms with Crippen LogP contribution in [-0.4, -0.2) is 43.9 Å². The maximum absolute atomic E-state index is 11.3.